The summed E-state index contributed by atoms with van der Waals surface area (Å²) >= 11 is 0. The molecule has 2 aromatic rings. The molecule has 22 heavy (non-hydrogen) atoms. The molecule has 4 nitrogen and oxygen atoms in total. The number of ether oxygens (including phenoxy) is 1. The third-order valence-electron chi connectivity index (χ3n) is 2.76. The van der Waals surface area contributed by atoms with Gasteiger partial charge < -0.3 is 8.92 Å². The van der Waals surface area contributed by atoms with Crippen molar-refractivity contribution in [1.29, 1.82) is 0 Å². The van der Waals surface area contributed by atoms with E-state index in [1.807, 2.05) is 27.7 Å². The molecule has 0 bridgehead atoms. The van der Waals surface area contributed by atoms with Crippen LogP contribution in [-0.2, 0) is 10.1 Å². The fourth-order valence-electron chi connectivity index (χ4n) is 1.80. The Morgan fingerprint density at radius 1 is 0.818 bits per heavy atom. The summed E-state index contributed by atoms with van der Waals surface area (Å²) in [5, 5.41) is 0. The van der Waals surface area contributed by atoms with Gasteiger partial charge in [-0.25, -0.2) is 0 Å². The van der Waals surface area contributed by atoms with Crippen LogP contribution in [0.15, 0.2) is 53.4 Å². The summed E-state index contributed by atoms with van der Waals surface area (Å²) in [6, 6.07) is 13.0. The molecule has 0 saturated heterocycles. The zero-order valence-corrected chi connectivity index (χ0v) is 14.0. The molecule has 0 heterocycles. The molecule has 0 fully saturated rings. The van der Waals surface area contributed by atoms with Gasteiger partial charge in [-0.1, -0.05) is 17.7 Å². The van der Waals surface area contributed by atoms with E-state index in [4.69, 9.17) is 8.92 Å². The smallest absolute Gasteiger partial charge is 0.339 e. The van der Waals surface area contributed by atoms with Gasteiger partial charge in [-0.15, -0.1) is 0 Å². The third-order valence-corrected chi connectivity index (χ3v) is 4.02. The van der Waals surface area contributed by atoms with Crippen molar-refractivity contribution in [3.63, 3.8) is 0 Å². The van der Waals surface area contributed by atoms with Crippen molar-refractivity contribution in [3.05, 3.63) is 54.1 Å². The summed E-state index contributed by atoms with van der Waals surface area (Å²) in [6.45, 7) is 7.73. The minimum atomic E-state index is -3.82. The van der Waals surface area contributed by atoms with E-state index >= 15 is 0 Å². The Balaban J connectivity index is 2.14. The highest BCUT2D eigenvalue weighted by Gasteiger charge is 2.17. The van der Waals surface area contributed by atoms with Crippen molar-refractivity contribution in [2.75, 3.05) is 0 Å². The van der Waals surface area contributed by atoms with Crippen molar-refractivity contribution in [3.8, 4) is 11.5 Å². The molecule has 0 amide bonds. The molecule has 2 rings (SSSR count). The summed E-state index contributed by atoms with van der Waals surface area (Å²) in [7, 11) is -3.82. The van der Waals surface area contributed by atoms with Gasteiger partial charge in [0.15, 0.2) is 0 Å². The molecule has 0 aliphatic heterocycles. The van der Waals surface area contributed by atoms with Crippen LogP contribution in [0, 0.1) is 6.92 Å². The van der Waals surface area contributed by atoms with Gasteiger partial charge >= 0.3 is 10.1 Å². The van der Waals surface area contributed by atoms with Gasteiger partial charge in [-0.05, 0) is 64.1 Å². The molecule has 0 radical (unpaired) electrons. The van der Waals surface area contributed by atoms with E-state index in [9.17, 15) is 8.42 Å². The first-order valence-electron chi connectivity index (χ1n) is 6.96. The van der Waals surface area contributed by atoms with Gasteiger partial charge in [0, 0.05) is 0 Å². The second-order valence-corrected chi connectivity index (χ2v) is 7.58. The Morgan fingerprint density at radius 3 is 1.82 bits per heavy atom. The summed E-state index contributed by atoms with van der Waals surface area (Å²) in [4.78, 5) is 0.133. The van der Waals surface area contributed by atoms with E-state index in [0.717, 1.165) is 5.56 Å². The number of aryl methyl sites for hydroxylation is 1. The molecule has 0 saturated carbocycles. The molecular weight excluding hydrogens is 300 g/mol. The molecule has 0 aliphatic carbocycles. The van der Waals surface area contributed by atoms with Gasteiger partial charge in [0.2, 0.25) is 0 Å². The molecule has 0 N–H and O–H groups in total. The highest BCUT2D eigenvalue weighted by Crippen LogP contribution is 2.24. The first kappa shape index (κ1) is 16.4. The van der Waals surface area contributed by atoms with Gasteiger partial charge in [-0.2, -0.15) is 8.42 Å². The van der Waals surface area contributed by atoms with Crippen molar-refractivity contribution >= 4 is 10.1 Å². The van der Waals surface area contributed by atoms with E-state index < -0.39 is 10.1 Å². The lowest BCUT2D eigenvalue weighted by molar-refractivity contribution is 0.131. The number of hydrogen-bond acceptors (Lipinski definition) is 4. The maximum absolute atomic E-state index is 12.2. The molecular formula is C17H20O4S. The van der Waals surface area contributed by atoms with E-state index in [-0.39, 0.29) is 16.2 Å². The standard InChI is InChI=1S/C17H20O4S/c1-13-5-11-16(12-6-13)22(18,19)21-15-9-7-14(8-10-15)20-17(2,3)4/h5-12H,1-4H3. The lowest BCUT2D eigenvalue weighted by Gasteiger charge is -2.21. The lowest BCUT2D eigenvalue weighted by atomic mass is 10.2. The lowest BCUT2D eigenvalue weighted by Crippen LogP contribution is -2.22. The molecule has 0 spiro atoms. The van der Waals surface area contributed by atoms with E-state index in [0.29, 0.717) is 5.75 Å². The van der Waals surface area contributed by atoms with E-state index in [1.54, 1.807) is 36.4 Å². The summed E-state index contributed by atoms with van der Waals surface area (Å²) < 4.78 is 35.2. The molecule has 5 heteroatoms. The van der Waals surface area contributed by atoms with Crippen LogP contribution in [0.1, 0.15) is 26.3 Å². The molecule has 0 unspecified atom stereocenters. The second-order valence-electron chi connectivity index (χ2n) is 6.04. The maximum atomic E-state index is 12.2. The summed E-state index contributed by atoms with van der Waals surface area (Å²) in [6.07, 6.45) is 0. The Labute approximate surface area is 131 Å². The first-order chi connectivity index (χ1) is 10.2. The quantitative estimate of drug-likeness (QED) is 0.801. The topological polar surface area (TPSA) is 52.6 Å². The minimum absolute atomic E-state index is 0.133. The van der Waals surface area contributed by atoms with Gasteiger partial charge in [0.1, 0.15) is 22.0 Å². The Morgan fingerprint density at radius 2 is 1.32 bits per heavy atom. The predicted molar refractivity (Wildman–Crippen MR) is 85.8 cm³/mol. The molecule has 0 aliphatic rings. The Bertz CT molecular complexity index is 724. The SMILES string of the molecule is Cc1ccc(S(=O)(=O)Oc2ccc(OC(C)(C)C)cc2)cc1. The zero-order valence-electron chi connectivity index (χ0n) is 13.2. The minimum Gasteiger partial charge on any atom is -0.488 e. The summed E-state index contributed by atoms with van der Waals surface area (Å²) in [5.74, 6) is 0.911. The predicted octanol–water partition coefficient (Wildman–Crippen LogP) is 3.94. The largest absolute Gasteiger partial charge is 0.488 e. The normalized spacial score (nSPS) is 12.0. The van der Waals surface area contributed by atoms with E-state index in [2.05, 4.69) is 0 Å². The average molecular weight is 320 g/mol. The van der Waals surface area contributed by atoms with Crippen LogP contribution in [-0.4, -0.2) is 14.0 Å². The number of benzene rings is 2. The van der Waals surface area contributed by atoms with Crippen LogP contribution < -0.4 is 8.92 Å². The number of hydrogen-bond donors (Lipinski definition) is 0. The van der Waals surface area contributed by atoms with Crippen molar-refractivity contribution in [2.45, 2.75) is 38.2 Å². The summed E-state index contributed by atoms with van der Waals surface area (Å²) in [5.41, 5.74) is 0.679. The highest BCUT2D eigenvalue weighted by atomic mass is 32.2. The van der Waals surface area contributed by atoms with Crippen LogP contribution in [0.3, 0.4) is 0 Å². The van der Waals surface area contributed by atoms with Crippen LogP contribution in [0.2, 0.25) is 0 Å². The van der Waals surface area contributed by atoms with Gasteiger partial charge in [-0.3, -0.25) is 0 Å². The second kappa shape index (κ2) is 6.01. The van der Waals surface area contributed by atoms with Crippen LogP contribution >= 0.6 is 0 Å². The third kappa shape index (κ3) is 4.49. The fraction of sp³-hybridized carbons (Fsp3) is 0.294. The zero-order chi connectivity index (χ0) is 16.4. The molecule has 2 aromatic carbocycles. The highest BCUT2D eigenvalue weighted by molar-refractivity contribution is 7.87. The Hall–Kier alpha value is -2.01. The van der Waals surface area contributed by atoms with Gasteiger partial charge in [0.25, 0.3) is 0 Å². The fourth-order valence-corrected chi connectivity index (χ4v) is 2.73. The first-order valence-corrected chi connectivity index (χ1v) is 8.37. The Kier molecular flexibility index (Phi) is 4.47. The van der Waals surface area contributed by atoms with Crippen LogP contribution in [0.4, 0.5) is 0 Å². The van der Waals surface area contributed by atoms with Crippen LogP contribution in [0.5, 0.6) is 11.5 Å². The number of rotatable bonds is 4. The van der Waals surface area contributed by atoms with Gasteiger partial charge in [0.05, 0.1) is 0 Å². The maximum Gasteiger partial charge on any atom is 0.339 e. The van der Waals surface area contributed by atoms with E-state index in [1.165, 1.54) is 12.1 Å². The van der Waals surface area contributed by atoms with Crippen LogP contribution in [0.25, 0.3) is 0 Å². The molecule has 118 valence electrons. The monoisotopic (exact) mass is 320 g/mol. The molecule has 0 aromatic heterocycles. The average Bonchev–Trinajstić information content (AvgIpc) is 2.39. The van der Waals surface area contributed by atoms with Crippen molar-refractivity contribution in [1.82, 2.24) is 0 Å². The molecule has 0 atom stereocenters. The van der Waals surface area contributed by atoms with Crippen molar-refractivity contribution < 1.29 is 17.3 Å². The van der Waals surface area contributed by atoms with Crippen molar-refractivity contribution in [2.24, 2.45) is 0 Å².